The molecule has 2 unspecified atom stereocenters. The molecule has 4 heteroatoms. The van der Waals surface area contributed by atoms with Crippen LogP contribution in [-0.2, 0) is 22.7 Å². The van der Waals surface area contributed by atoms with Crippen molar-refractivity contribution in [3.05, 3.63) is 71.8 Å². The second-order valence-corrected chi connectivity index (χ2v) is 7.83. The van der Waals surface area contributed by atoms with E-state index in [-0.39, 0.29) is 29.7 Å². The number of benzene rings is 2. The third kappa shape index (κ3) is 4.80. The van der Waals surface area contributed by atoms with Crippen molar-refractivity contribution in [2.75, 3.05) is 6.54 Å². The zero-order valence-electron chi connectivity index (χ0n) is 17.0. The van der Waals surface area contributed by atoms with Crippen LogP contribution in [0.25, 0.3) is 0 Å². The van der Waals surface area contributed by atoms with Crippen LogP contribution in [0, 0.1) is 11.8 Å². The van der Waals surface area contributed by atoms with E-state index in [1.54, 1.807) is 0 Å². The van der Waals surface area contributed by atoms with Gasteiger partial charge in [-0.1, -0.05) is 60.7 Å². The van der Waals surface area contributed by atoms with Crippen molar-refractivity contribution in [2.24, 2.45) is 11.8 Å². The number of nitrogens with zero attached hydrogens (tertiary/aromatic N) is 2. The summed E-state index contributed by atoms with van der Waals surface area (Å²) in [5, 5.41) is 0. The van der Waals surface area contributed by atoms with Crippen molar-refractivity contribution in [2.45, 2.75) is 46.3 Å². The van der Waals surface area contributed by atoms with Gasteiger partial charge in [0.1, 0.15) is 0 Å². The van der Waals surface area contributed by atoms with Crippen LogP contribution in [0.3, 0.4) is 0 Å². The number of carbonyl (C=O) groups excluding carboxylic acids is 2. The van der Waals surface area contributed by atoms with E-state index in [9.17, 15) is 9.59 Å². The molecule has 1 aliphatic rings. The highest BCUT2D eigenvalue weighted by atomic mass is 16.2. The molecule has 148 valence electrons. The van der Waals surface area contributed by atoms with Gasteiger partial charge in [-0.25, -0.2) is 0 Å². The van der Waals surface area contributed by atoms with Gasteiger partial charge in [-0.3, -0.25) is 9.59 Å². The number of amides is 2. The van der Waals surface area contributed by atoms with E-state index in [1.165, 1.54) is 0 Å². The Balaban J connectivity index is 1.63. The summed E-state index contributed by atoms with van der Waals surface area (Å²) >= 11 is 0. The van der Waals surface area contributed by atoms with Gasteiger partial charge in [0.25, 0.3) is 0 Å². The topological polar surface area (TPSA) is 40.6 Å². The highest BCUT2D eigenvalue weighted by Gasteiger charge is 2.50. The van der Waals surface area contributed by atoms with Crippen molar-refractivity contribution in [3.8, 4) is 0 Å². The Hall–Kier alpha value is -2.62. The van der Waals surface area contributed by atoms with E-state index < -0.39 is 0 Å². The van der Waals surface area contributed by atoms with Gasteiger partial charge >= 0.3 is 0 Å². The number of carbonyl (C=O) groups is 2. The van der Waals surface area contributed by atoms with Gasteiger partial charge in [-0.05, 0) is 38.3 Å². The minimum absolute atomic E-state index is 0.105. The van der Waals surface area contributed by atoms with Gasteiger partial charge < -0.3 is 9.80 Å². The Morgan fingerprint density at radius 3 is 1.86 bits per heavy atom. The van der Waals surface area contributed by atoms with E-state index >= 15 is 0 Å². The van der Waals surface area contributed by atoms with E-state index in [1.807, 2.05) is 91.2 Å². The average molecular weight is 379 g/mol. The van der Waals surface area contributed by atoms with Crippen LogP contribution in [0.4, 0.5) is 0 Å². The predicted octanol–water partition coefficient (Wildman–Crippen LogP) is 4.11. The molecule has 3 rings (SSSR count). The first-order chi connectivity index (χ1) is 13.5. The third-order valence-electron chi connectivity index (χ3n) is 5.44. The highest BCUT2D eigenvalue weighted by molar-refractivity contribution is 5.92. The summed E-state index contributed by atoms with van der Waals surface area (Å²) in [4.78, 5) is 29.8. The first-order valence-electron chi connectivity index (χ1n) is 10.2. The fourth-order valence-electron chi connectivity index (χ4n) is 3.63. The second-order valence-electron chi connectivity index (χ2n) is 7.83. The average Bonchev–Trinajstić information content (AvgIpc) is 3.51. The van der Waals surface area contributed by atoms with Crippen molar-refractivity contribution in [1.82, 2.24) is 9.80 Å². The third-order valence-corrected chi connectivity index (χ3v) is 5.44. The quantitative estimate of drug-likeness (QED) is 0.694. The SMILES string of the molecule is CCN(Cc1ccccc1)C(=O)C1CC1C(=O)N(Cc1ccccc1)C(C)C. The summed E-state index contributed by atoms with van der Waals surface area (Å²) in [5.74, 6) is -0.141. The van der Waals surface area contributed by atoms with Crippen LogP contribution < -0.4 is 0 Å². The summed E-state index contributed by atoms with van der Waals surface area (Å²) in [6.07, 6.45) is 0.668. The molecule has 1 fully saturated rings. The van der Waals surface area contributed by atoms with Crippen LogP contribution in [0.15, 0.2) is 60.7 Å². The van der Waals surface area contributed by atoms with Gasteiger partial charge in [0.15, 0.2) is 0 Å². The molecule has 28 heavy (non-hydrogen) atoms. The van der Waals surface area contributed by atoms with Crippen LogP contribution in [0.5, 0.6) is 0 Å². The zero-order chi connectivity index (χ0) is 20.1. The van der Waals surface area contributed by atoms with Crippen molar-refractivity contribution in [1.29, 1.82) is 0 Å². The molecule has 2 amide bonds. The largest absolute Gasteiger partial charge is 0.338 e. The Morgan fingerprint density at radius 1 is 0.857 bits per heavy atom. The monoisotopic (exact) mass is 378 g/mol. The predicted molar refractivity (Wildman–Crippen MR) is 111 cm³/mol. The van der Waals surface area contributed by atoms with Gasteiger partial charge in [0.2, 0.25) is 11.8 Å². The van der Waals surface area contributed by atoms with E-state index in [0.29, 0.717) is 26.1 Å². The highest BCUT2D eigenvalue weighted by Crippen LogP contribution is 2.42. The molecular weight excluding hydrogens is 348 g/mol. The molecule has 2 atom stereocenters. The van der Waals surface area contributed by atoms with Crippen LogP contribution in [-0.4, -0.2) is 34.2 Å². The number of rotatable bonds is 8. The lowest BCUT2D eigenvalue weighted by molar-refractivity contribution is -0.139. The molecule has 0 heterocycles. The maximum atomic E-state index is 13.1. The van der Waals surface area contributed by atoms with Crippen LogP contribution in [0.2, 0.25) is 0 Å². The molecular formula is C24H30N2O2. The molecule has 1 aliphatic carbocycles. The molecule has 4 nitrogen and oxygen atoms in total. The summed E-state index contributed by atoms with van der Waals surface area (Å²) in [7, 11) is 0. The molecule has 0 radical (unpaired) electrons. The maximum absolute atomic E-state index is 13.1. The molecule has 0 bridgehead atoms. The van der Waals surface area contributed by atoms with Crippen molar-refractivity contribution >= 4 is 11.8 Å². The van der Waals surface area contributed by atoms with Gasteiger partial charge in [0.05, 0.1) is 11.8 Å². The van der Waals surface area contributed by atoms with Gasteiger partial charge in [-0.2, -0.15) is 0 Å². The summed E-state index contributed by atoms with van der Waals surface area (Å²) in [6, 6.07) is 20.2. The molecule has 0 aromatic heterocycles. The second kappa shape index (κ2) is 9.05. The molecule has 2 aromatic rings. The van der Waals surface area contributed by atoms with E-state index in [4.69, 9.17) is 0 Å². The first kappa shape index (κ1) is 20.1. The fraction of sp³-hybridized carbons (Fsp3) is 0.417. The Labute approximate surface area is 168 Å². The van der Waals surface area contributed by atoms with Crippen molar-refractivity contribution < 1.29 is 9.59 Å². The van der Waals surface area contributed by atoms with Crippen LogP contribution in [0.1, 0.15) is 38.3 Å². The van der Waals surface area contributed by atoms with Gasteiger partial charge in [0, 0.05) is 25.7 Å². The smallest absolute Gasteiger partial charge is 0.227 e. The number of hydrogen-bond donors (Lipinski definition) is 0. The first-order valence-corrected chi connectivity index (χ1v) is 10.2. The lowest BCUT2D eigenvalue weighted by atomic mass is 10.1. The Bertz CT molecular complexity index is 789. The van der Waals surface area contributed by atoms with E-state index in [2.05, 4.69) is 0 Å². The number of hydrogen-bond acceptors (Lipinski definition) is 2. The summed E-state index contributed by atoms with van der Waals surface area (Å²) < 4.78 is 0. The standard InChI is InChI=1S/C24H30N2O2/c1-4-25(16-19-11-7-5-8-12-19)23(27)21-15-22(21)24(28)26(18(2)3)17-20-13-9-6-10-14-20/h5-14,18,21-22H,4,15-17H2,1-3H3. The Kier molecular flexibility index (Phi) is 6.50. The zero-order valence-corrected chi connectivity index (χ0v) is 17.0. The van der Waals surface area contributed by atoms with Gasteiger partial charge in [-0.15, -0.1) is 0 Å². The van der Waals surface area contributed by atoms with E-state index in [0.717, 1.165) is 11.1 Å². The molecule has 2 aromatic carbocycles. The lowest BCUT2D eigenvalue weighted by Crippen LogP contribution is -2.39. The molecule has 1 saturated carbocycles. The molecule has 0 aliphatic heterocycles. The minimum atomic E-state index is -0.177. The van der Waals surface area contributed by atoms with Crippen molar-refractivity contribution in [3.63, 3.8) is 0 Å². The molecule has 0 N–H and O–H groups in total. The minimum Gasteiger partial charge on any atom is -0.338 e. The lowest BCUT2D eigenvalue weighted by Gasteiger charge is -2.27. The molecule has 0 spiro atoms. The van der Waals surface area contributed by atoms with Crippen LogP contribution >= 0.6 is 0 Å². The Morgan fingerprint density at radius 2 is 1.36 bits per heavy atom. The maximum Gasteiger partial charge on any atom is 0.227 e. The normalized spacial score (nSPS) is 18.0. The fourth-order valence-corrected chi connectivity index (χ4v) is 3.63. The molecule has 0 saturated heterocycles. The summed E-state index contributed by atoms with van der Waals surface area (Å²) in [5.41, 5.74) is 2.24. The summed E-state index contributed by atoms with van der Waals surface area (Å²) in [6.45, 7) is 7.92.